The van der Waals surface area contributed by atoms with Crippen molar-refractivity contribution < 1.29 is 19.0 Å². The number of methoxy groups -OCH3 is 1. The van der Waals surface area contributed by atoms with E-state index in [4.69, 9.17) is 24.2 Å². The van der Waals surface area contributed by atoms with Crippen LogP contribution in [0.1, 0.15) is 69.7 Å². The fourth-order valence-electron chi connectivity index (χ4n) is 4.99. The van der Waals surface area contributed by atoms with E-state index in [1.807, 2.05) is 12.4 Å². The van der Waals surface area contributed by atoms with Crippen LogP contribution in [-0.2, 0) is 20.7 Å². The summed E-state index contributed by atoms with van der Waals surface area (Å²) in [7, 11) is 1.72. The van der Waals surface area contributed by atoms with E-state index in [0.717, 1.165) is 80.5 Å². The summed E-state index contributed by atoms with van der Waals surface area (Å²) in [6.07, 6.45) is 10.4. The molecule has 0 radical (unpaired) electrons. The van der Waals surface area contributed by atoms with E-state index in [0.29, 0.717) is 24.3 Å². The average Bonchev–Trinajstić information content (AvgIpc) is 2.80. The molecule has 1 N–H and O–H groups in total. The van der Waals surface area contributed by atoms with Crippen LogP contribution in [0.5, 0.6) is 5.88 Å². The Labute approximate surface area is 195 Å². The molecule has 8 heteroatoms. The molecule has 0 aromatic carbocycles. The molecule has 3 heterocycles. The van der Waals surface area contributed by atoms with Gasteiger partial charge in [-0.1, -0.05) is 6.92 Å². The lowest BCUT2D eigenvalue weighted by atomic mass is 9.81. The summed E-state index contributed by atoms with van der Waals surface area (Å²) in [5.74, 6) is 2.18. The second-order valence-corrected chi connectivity index (χ2v) is 9.51. The SMILES string of the molecule is COC[C@H](C)Cc1ncc2c(OC3CCOCC3)ncc(C3CCC(NC(C)=O)CC3)c2n1. The monoisotopic (exact) mass is 456 g/mol. The Morgan fingerprint density at radius 2 is 1.91 bits per heavy atom. The molecule has 4 rings (SSSR count). The minimum atomic E-state index is 0.0442. The summed E-state index contributed by atoms with van der Waals surface area (Å²) >= 11 is 0. The molecule has 1 aliphatic carbocycles. The zero-order valence-corrected chi connectivity index (χ0v) is 20.0. The van der Waals surface area contributed by atoms with Gasteiger partial charge in [0.05, 0.1) is 24.1 Å². The third-order valence-electron chi connectivity index (χ3n) is 6.67. The maximum Gasteiger partial charge on any atom is 0.224 e. The molecule has 180 valence electrons. The first kappa shape index (κ1) is 23.8. The van der Waals surface area contributed by atoms with Crippen molar-refractivity contribution in [3.8, 4) is 5.88 Å². The summed E-state index contributed by atoms with van der Waals surface area (Å²) < 4.78 is 17.1. The van der Waals surface area contributed by atoms with Crippen LogP contribution in [0.25, 0.3) is 10.9 Å². The van der Waals surface area contributed by atoms with Crippen molar-refractivity contribution in [2.24, 2.45) is 5.92 Å². The summed E-state index contributed by atoms with van der Waals surface area (Å²) in [5.41, 5.74) is 2.11. The minimum absolute atomic E-state index is 0.0442. The van der Waals surface area contributed by atoms with Gasteiger partial charge in [0.15, 0.2) is 0 Å². The standard InChI is InChI=1S/C25H36N4O4/c1-16(15-31-3)12-23-26-14-22-24(29-23)21(18-4-6-19(7-5-18)28-17(2)30)13-27-25(22)33-20-8-10-32-11-9-20/h13-14,16,18-20H,4-12,15H2,1-3H3,(H,28,30)/t16-,18?,19?/m1/s1. The van der Waals surface area contributed by atoms with Crippen molar-refractivity contribution in [1.82, 2.24) is 20.3 Å². The molecular weight excluding hydrogens is 420 g/mol. The third-order valence-corrected chi connectivity index (χ3v) is 6.67. The molecule has 0 bridgehead atoms. The number of pyridine rings is 1. The molecule has 1 aliphatic heterocycles. The van der Waals surface area contributed by atoms with Gasteiger partial charge in [-0.25, -0.2) is 15.0 Å². The molecule has 1 saturated carbocycles. The van der Waals surface area contributed by atoms with Crippen molar-refractivity contribution >= 4 is 16.8 Å². The van der Waals surface area contributed by atoms with E-state index in [1.54, 1.807) is 14.0 Å². The molecule has 1 amide bonds. The molecule has 8 nitrogen and oxygen atoms in total. The van der Waals surface area contributed by atoms with Gasteiger partial charge in [-0.3, -0.25) is 4.79 Å². The van der Waals surface area contributed by atoms with E-state index >= 15 is 0 Å². The summed E-state index contributed by atoms with van der Waals surface area (Å²) in [6, 6.07) is 0.259. The Bertz CT molecular complexity index is 939. The normalized spacial score (nSPS) is 22.8. The smallest absolute Gasteiger partial charge is 0.224 e. The van der Waals surface area contributed by atoms with E-state index in [2.05, 4.69) is 17.2 Å². The molecule has 33 heavy (non-hydrogen) atoms. The zero-order chi connectivity index (χ0) is 23.2. The third kappa shape index (κ3) is 6.18. The number of carbonyl (C=O) groups is 1. The van der Waals surface area contributed by atoms with Crippen molar-refractivity contribution in [2.75, 3.05) is 26.9 Å². The number of fused-ring (bicyclic) bond motifs is 1. The van der Waals surface area contributed by atoms with Crippen molar-refractivity contribution in [1.29, 1.82) is 0 Å². The first-order valence-electron chi connectivity index (χ1n) is 12.2. The number of ether oxygens (including phenoxy) is 3. The van der Waals surface area contributed by atoms with Gasteiger partial charge in [0.2, 0.25) is 11.8 Å². The molecule has 1 atom stereocenters. The molecular formula is C25H36N4O4. The largest absolute Gasteiger partial charge is 0.474 e. The van der Waals surface area contributed by atoms with E-state index < -0.39 is 0 Å². The van der Waals surface area contributed by atoms with Crippen molar-refractivity contribution in [3.63, 3.8) is 0 Å². The number of amides is 1. The lowest BCUT2D eigenvalue weighted by Crippen LogP contribution is -2.35. The fourth-order valence-corrected chi connectivity index (χ4v) is 4.99. The number of hydrogen-bond donors (Lipinski definition) is 1. The molecule has 2 fully saturated rings. The first-order valence-corrected chi connectivity index (χ1v) is 12.2. The predicted molar refractivity (Wildman–Crippen MR) is 125 cm³/mol. The lowest BCUT2D eigenvalue weighted by Gasteiger charge is -2.29. The molecule has 0 spiro atoms. The highest BCUT2D eigenvalue weighted by atomic mass is 16.5. The number of carbonyl (C=O) groups excluding carboxylic acids is 1. The van der Waals surface area contributed by atoms with Gasteiger partial charge in [0, 0.05) is 63.9 Å². The number of nitrogens with zero attached hydrogens (tertiary/aromatic N) is 3. The van der Waals surface area contributed by atoms with E-state index in [9.17, 15) is 4.79 Å². The number of hydrogen-bond acceptors (Lipinski definition) is 7. The van der Waals surface area contributed by atoms with E-state index in [1.165, 1.54) is 0 Å². The van der Waals surface area contributed by atoms with Crippen LogP contribution in [0.2, 0.25) is 0 Å². The highest BCUT2D eigenvalue weighted by Crippen LogP contribution is 2.38. The summed E-state index contributed by atoms with van der Waals surface area (Å²) in [5, 5.41) is 3.95. The zero-order valence-electron chi connectivity index (χ0n) is 20.0. The average molecular weight is 457 g/mol. The Balaban J connectivity index is 1.61. The van der Waals surface area contributed by atoms with Crippen LogP contribution < -0.4 is 10.1 Å². The highest BCUT2D eigenvalue weighted by molar-refractivity contribution is 5.85. The molecule has 2 aromatic heterocycles. The summed E-state index contributed by atoms with van der Waals surface area (Å²) in [4.78, 5) is 25.8. The van der Waals surface area contributed by atoms with Crippen LogP contribution in [0, 0.1) is 5.92 Å². The van der Waals surface area contributed by atoms with Gasteiger partial charge in [0.1, 0.15) is 11.9 Å². The van der Waals surface area contributed by atoms with Crippen molar-refractivity contribution in [2.45, 2.75) is 76.9 Å². The van der Waals surface area contributed by atoms with Crippen LogP contribution >= 0.6 is 0 Å². The number of aromatic nitrogens is 3. The Kier molecular flexibility index (Phi) is 8.09. The maximum atomic E-state index is 11.4. The van der Waals surface area contributed by atoms with Gasteiger partial charge in [0.25, 0.3) is 0 Å². The summed E-state index contributed by atoms with van der Waals surface area (Å²) in [6.45, 7) is 5.85. The molecule has 0 unspecified atom stereocenters. The molecule has 2 aliphatic rings. The molecule has 2 aromatic rings. The van der Waals surface area contributed by atoms with Crippen LogP contribution in [0.3, 0.4) is 0 Å². The topological polar surface area (TPSA) is 95.5 Å². The van der Waals surface area contributed by atoms with Crippen LogP contribution in [0.4, 0.5) is 0 Å². The Morgan fingerprint density at radius 3 is 2.61 bits per heavy atom. The van der Waals surface area contributed by atoms with Crippen LogP contribution in [-0.4, -0.2) is 59.9 Å². The van der Waals surface area contributed by atoms with Gasteiger partial charge in [-0.05, 0) is 37.5 Å². The van der Waals surface area contributed by atoms with Gasteiger partial charge < -0.3 is 19.5 Å². The second kappa shape index (κ2) is 11.2. The van der Waals surface area contributed by atoms with Crippen molar-refractivity contribution in [3.05, 3.63) is 23.8 Å². The lowest BCUT2D eigenvalue weighted by molar-refractivity contribution is -0.119. The number of rotatable bonds is 8. The molecule has 1 saturated heterocycles. The predicted octanol–water partition coefficient (Wildman–Crippen LogP) is 3.57. The quantitative estimate of drug-likeness (QED) is 0.649. The second-order valence-electron chi connectivity index (χ2n) is 9.51. The Morgan fingerprint density at radius 1 is 1.15 bits per heavy atom. The van der Waals surface area contributed by atoms with Crippen LogP contribution in [0.15, 0.2) is 12.4 Å². The van der Waals surface area contributed by atoms with E-state index in [-0.39, 0.29) is 18.1 Å². The first-order chi connectivity index (χ1) is 16.0. The van der Waals surface area contributed by atoms with Gasteiger partial charge in [-0.2, -0.15) is 0 Å². The van der Waals surface area contributed by atoms with Gasteiger partial charge in [-0.15, -0.1) is 0 Å². The highest BCUT2D eigenvalue weighted by Gasteiger charge is 2.27. The number of nitrogens with one attached hydrogen (secondary N) is 1. The van der Waals surface area contributed by atoms with Gasteiger partial charge >= 0.3 is 0 Å². The Hall–Kier alpha value is -2.32. The maximum absolute atomic E-state index is 11.4. The minimum Gasteiger partial charge on any atom is -0.474 e. The fraction of sp³-hybridized carbons (Fsp3) is 0.680.